The summed E-state index contributed by atoms with van der Waals surface area (Å²) in [7, 11) is 3.54. The third kappa shape index (κ3) is 5.76. The summed E-state index contributed by atoms with van der Waals surface area (Å²) >= 11 is 0. The van der Waals surface area contributed by atoms with Gasteiger partial charge in [-0.15, -0.1) is 0 Å². The van der Waals surface area contributed by atoms with E-state index < -0.39 is 0 Å². The Morgan fingerprint density at radius 3 is 2.62 bits per heavy atom. The zero-order valence-corrected chi connectivity index (χ0v) is 13.6. The molecule has 0 aromatic heterocycles. The number of carbonyl (C=O) groups excluding carboxylic acids is 1. The third-order valence-corrected chi connectivity index (χ3v) is 3.81. The molecule has 2 N–H and O–H groups in total. The van der Waals surface area contributed by atoms with Crippen LogP contribution >= 0.6 is 0 Å². The lowest BCUT2D eigenvalue weighted by molar-refractivity contribution is -0.131. The monoisotopic (exact) mass is 292 g/mol. The van der Waals surface area contributed by atoms with E-state index in [0.29, 0.717) is 6.42 Å². The molecule has 2 unspecified atom stereocenters. The summed E-state index contributed by atoms with van der Waals surface area (Å²) in [6, 6.07) is 8.25. The van der Waals surface area contributed by atoms with Crippen LogP contribution in [0, 0.1) is 0 Å². The number of benzene rings is 1. The highest BCUT2D eigenvalue weighted by atomic mass is 16.5. The Balaban J connectivity index is 2.53. The summed E-state index contributed by atoms with van der Waals surface area (Å²) in [5.74, 6) is 1.06. The summed E-state index contributed by atoms with van der Waals surface area (Å²) in [5.41, 5.74) is 6.84. The molecule has 1 aromatic carbocycles. The van der Waals surface area contributed by atoms with Crippen LogP contribution in [0.2, 0.25) is 0 Å². The van der Waals surface area contributed by atoms with Gasteiger partial charge in [0, 0.05) is 25.6 Å². The molecule has 118 valence electrons. The molecule has 0 spiro atoms. The molecule has 21 heavy (non-hydrogen) atoms. The minimum atomic E-state index is 0.143. The van der Waals surface area contributed by atoms with Crippen LogP contribution in [0.4, 0.5) is 0 Å². The Hall–Kier alpha value is -1.55. The second-order valence-electron chi connectivity index (χ2n) is 5.74. The summed E-state index contributed by atoms with van der Waals surface area (Å²) in [6.45, 7) is 4.04. The van der Waals surface area contributed by atoms with Crippen LogP contribution in [-0.4, -0.2) is 37.0 Å². The summed E-state index contributed by atoms with van der Waals surface area (Å²) in [5, 5.41) is 0. The number of nitrogens with two attached hydrogens (primary N) is 1. The molecular formula is C17H28N2O2. The average molecular weight is 292 g/mol. The van der Waals surface area contributed by atoms with Crippen LogP contribution in [0.5, 0.6) is 5.75 Å². The third-order valence-electron chi connectivity index (χ3n) is 3.81. The molecule has 1 rings (SSSR count). The quantitative estimate of drug-likeness (QED) is 0.801. The number of nitrogens with zero attached hydrogens (tertiary/aromatic N) is 1. The number of rotatable bonds is 8. The van der Waals surface area contributed by atoms with Gasteiger partial charge in [-0.05, 0) is 44.7 Å². The summed E-state index contributed by atoms with van der Waals surface area (Å²) < 4.78 is 5.36. The highest BCUT2D eigenvalue weighted by molar-refractivity contribution is 5.76. The van der Waals surface area contributed by atoms with Crippen LogP contribution in [-0.2, 0) is 11.2 Å². The number of amides is 1. The molecule has 0 radical (unpaired) electrons. The lowest BCUT2D eigenvalue weighted by Crippen LogP contribution is -2.36. The highest BCUT2D eigenvalue weighted by Crippen LogP contribution is 2.20. The van der Waals surface area contributed by atoms with Crippen LogP contribution in [0.1, 0.15) is 38.7 Å². The first-order valence-electron chi connectivity index (χ1n) is 7.58. The van der Waals surface area contributed by atoms with Crippen molar-refractivity contribution in [1.29, 1.82) is 0 Å². The molecule has 0 saturated carbocycles. The molecule has 4 nitrogen and oxygen atoms in total. The van der Waals surface area contributed by atoms with E-state index >= 15 is 0 Å². The number of para-hydroxylation sites is 1. The van der Waals surface area contributed by atoms with E-state index in [1.54, 1.807) is 7.11 Å². The Kier molecular flexibility index (Phi) is 7.23. The number of ether oxygens (including phenoxy) is 1. The largest absolute Gasteiger partial charge is 0.496 e. The molecule has 2 atom stereocenters. The van der Waals surface area contributed by atoms with E-state index in [4.69, 9.17) is 10.5 Å². The zero-order valence-electron chi connectivity index (χ0n) is 13.6. The topological polar surface area (TPSA) is 55.6 Å². The van der Waals surface area contributed by atoms with Crippen molar-refractivity contribution in [3.63, 3.8) is 0 Å². The van der Waals surface area contributed by atoms with Gasteiger partial charge in [0.1, 0.15) is 5.75 Å². The van der Waals surface area contributed by atoms with Crippen molar-refractivity contribution >= 4 is 5.91 Å². The van der Waals surface area contributed by atoms with Gasteiger partial charge in [0.05, 0.1) is 7.11 Å². The maximum Gasteiger partial charge on any atom is 0.222 e. The first-order valence-corrected chi connectivity index (χ1v) is 7.58. The molecule has 0 aliphatic carbocycles. The molecule has 0 aliphatic rings. The van der Waals surface area contributed by atoms with Crippen LogP contribution in [0.15, 0.2) is 24.3 Å². The van der Waals surface area contributed by atoms with Crippen molar-refractivity contribution in [2.24, 2.45) is 5.73 Å². The summed E-state index contributed by atoms with van der Waals surface area (Å²) in [4.78, 5) is 14.0. The van der Waals surface area contributed by atoms with Crippen LogP contribution < -0.4 is 10.5 Å². The Labute approximate surface area is 128 Å². The second kappa shape index (κ2) is 8.67. The standard InChI is InChI=1S/C17H28N2O2/c1-13(18)8-7-11-17(20)19(3)14(2)12-15-9-5-6-10-16(15)21-4/h5-6,9-10,13-14H,7-8,11-12,18H2,1-4H3. The van der Waals surface area contributed by atoms with E-state index in [-0.39, 0.29) is 18.0 Å². The van der Waals surface area contributed by atoms with Gasteiger partial charge in [-0.3, -0.25) is 4.79 Å². The fraction of sp³-hybridized carbons (Fsp3) is 0.588. The maximum absolute atomic E-state index is 12.2. The van der Waals surface area contributed by atoms with Crippen molar-refractivity contribution in [3.05, 3.63) is 29.8 Å². The zero-order chi connectivity index (χ0) is 15.8. The van der Waals surface area contributed by atoms with Gasteiger partial charge >= 0.3 is 0 Å². The van der Waals surface area contributed by atoms with Gasteiger partial charge in [0.2, 0.25) is 5.91 Å². The van der Waals surface area contributed by atoms with E-state index in [1.165, 1.54) is 0 Å². The Morgan fingerprint density at radius 2 is 2.00 bits per heavy atom. The smallest absolute Gasteiger partial charge is 0.222 e. The lowest BCUT2D eigenvalue weighted by Gasteiger charge is -2.26. The van der Waals surface area contributed by atoms with E-state index in [0.717, 1.165) is 30.6 Å². The first kappa shape index (κ1) is 17.5. The molecule has 1 aromatic rings. The van der Waals surface area contributed by atoms with Gasteiger partial charge in [-0.25, -0.2) is 0 Å². The van der Waals surface area contributed by atoms with E-state index in [1.807, 2.05) is 43.1 Å². The van der Waals surface area contributed by atoms with Crippen molar-refractivity contribution in [2.75, 3.05) is 14.2 Å². The molecule has 1 amide bonds. The van der Waals surface area contributed by atoms with Gasteiger partial charge in [0.15, 0.2) is 0 Å². The first-order chi connectivity index (χ1) is 9.95. The fourth-order valence-corrected chi connectivity index (χ4v) is 2.32. The minimum Gasteiger partial charge on any atom is -0.496 e. The highest BCUT2D eigenvalue weighted by Gasteiger charge is 2.17. The number of methoxy groups -OCH3 is 1. The summed E-state index contributed by atoms with van der Waals surface area (Å²) in [6.07, 6.45) is 3.09. The molecule has 0 saturated heterocycles. The fourth-order valence-electron chi connectivity index (χ4n) is 2.32. The molecule has 0 fully saturated rings. The number of carbonyl (C=O) groups is 1. The molecule has 0 aliphatic heterocycles. The molecule has 0 bridgehead atoms. The van der Waals surface area contributed by atoms with Crippen molar-refractivity contribution in [3.8, 4) is 5.75 Å². The van der Waals surface area contributed by atoms with E-state index in [9.17, 15) is 4.79 Å². The lowest BCUT2D eigenvalue weighted by atomic mass is 10.0. The van der Waals surface area contributed by atoms with Crippen molar-refractivity contribution in [2.45, 2.75) is 51.6 Å². The maximum atomic E-state index is 12.2. The van der Waals surface area contributed by atoms with Crippen molar-refractivity contribution in [1.82, 2.24) is 4.90 Å². The van der Waals surface area contributed by atoms with Crippen LogP contribution in [0.3, 0.4) is 0 Å². The Bertz CT molecular complexity index is 446. The predicted molar refractivity (Wildman–Crippen MR) is 86.4 cm³/mol. The van der Waals surface area contributed by atoms with Gasteiger partial charge in [-0.1, -0.05) is 18.2 Å². The number of hydrogen-bond donors (Lipinski definition) is 1. The van der Waals surface area contributed by atoms with Crippen LogP contribution in [0.25, 0.3) is 0 Å². The molecule has 4 heteroatoms. The normalized spacial score (nSPS) is 13.6. The predicted octanol–water partition coefficient (Wildman–Crippen LogP) is 2.60. The van der Waals surface area contributed by atoms with E-state index in [2.05, 4.69) is 6.92 Å². The Morgan fingerprint density at radius 1 is 1.33 bits per heavy atom. The van der Waals surface area contributed by atoms with Gasteiger partial charge in [0.25, 0.3) is 0 Å². The second-order valence-corrected chi connectivity index (χ2v) is 5.74. The van der Waals surface area contributed by atoms with Gasteiger partial charge < -0.3 is 15.4 Å². The number of hydrogen-bond acceptors (Lipinski definition) is 3. The minimum absolute atomic E-state index is 0.143. The molecular weight excluding hydrogens is 264 g/mol. The SMILES string of the molecule is COc1ccccc1CC(C)N(C)C(=O)CCCC(C)N. The molecule has 0 heterocycles. The van der Waals surface area contributed by atoms with Crippen molar-refractivity contribution < 1.29 is 9.53 Å². The number of likely N-dealkylation sites (N-methyl/N-ethyl adjacent to an activating group) is 1. The average Bonchev–Trinajstić information content (AvgIpc) is 2.46. The van der Waals surface area contributed by atoms with Gasteiger partial charge in [-0.2, -0.15) is 0 Å².